The standard InChI is InChI=1S/C27H37Cl2NO3/c1-9-21(25(32)30-20-13-19(28)16(2)23(29)24(20)31)33-22-11-10-17(14-26(3,4)5)12-18(22)15-27(6,7)8/h10-13,21,31H,9,14-15H2,1-8H3,(H,30,32). The van der Waals surface area contributed by atoms with Crippen molar-refractivity contribution in [3.8, 4) is 11.5 Å². The van der Waals surface area contributed by atoms with Crippen molar-refractivity contribution < 1.29 is 14.6 Å². The summed E-state index contributed by atoms with van der Waals surface area (Å²) in [5, 5.41) is 13.5. The third kappa shape index (κ3) is 7.82. The van der Waals surface area contributed by atoms with E-state index in [4.69, 9.17) is 27.9 Å². The van der Waals surface area contributed by atoms with Gasteiger partial charge in [0.25, 0.3) is 5.91 Å². The summed E-state index contributed by atoms with van der Waals surface area (Å²) in [5.41, 5.74) is 3.28. The predicted octanol–water partition coefficient (Wildman–Crippen LogP) is 7.98. The zero-order valence-corrected chi connectivity index (χ0v) is 22.5. The average Bonchev–Trinajstić information content (AvgIpc) is 2.67. The fourth-order valence-electron chi connectivity index (χ4n) is 3.67. The van der Waals surface area contributed by atoms with Crippen LogP contribution in [0, 0.1) is 17.8 Å². The molecule has 33 heavy (non-hydrogen) atoms. The molecule has 0 aromatic heterocycles. The number of nitrogens with one attached hydrogen (secondary N) is 1. The first-order valence-corrected chi connectivity index (χ1v) is 12.1. The lowest BCUT2D eigenvalue weighted by molar-refractivity contribution is -0.122. The molecular formula is C27H37Cl2NO3. The number of hydrogen-bond donors (Lipinski definition) is 2. The molecule has 1 amide bonds. The Labute approximate surface area is 208 Å². The molecule has 0 saturated heterocycles. The number of carbonyl (C=O) groups excluding carboxylic acids is 1. The van der Waals surface area contributed by atoms with E-state index in [9.17, 15) is 9.90 Å². The first-order chi connectivity index (χ1) is 15.1. The number of anilines is 1. The van der Waals surface area contributed by atoms with Gasteiger partial charge in [0, 0.05) is 5.02 Å². The zero-order valence-electron chi connectivity index (χ0n) is 21.0. The molecule has 0 radical (unpaired) electrons. The summed E-state index contributed by atoms with van der Waals surface area (Å²) in [6, 6.07) is 7.73. The summed E-state index contributed by atoms with van der Waals surface area (Å²) in [6.45, 7) is 16.8. The molecule has 2 aromatic rings. The van der Waals surface area contributed by atoms with Crippen LogP contribution in [0.25, 0.3) is 0 Å². The van der Waals surface area contributed by atoms with Crippen LogP contribution in [0.15, 0.2) is 24.3 Å². The number of ether oxygens (including phenoxy) is 1. The number of phenolic OH excluding ortho intramolecular Hbond substituents is 1. The minimum Gasteiger partial charge on any atom is -0.504 e. The second-order valence-electron chi connectivity index (χ2n) is 11.1. The maximum Gasteiger partial charge on any atom is 0.265 e. The van der Waals surface area contributed by atoms with Crippen LogP contribution in [0.1, 0.15) is 71.6 Å². The first-order valence-electron chi connectivity index (χ1n) is 11.4. The Morgan fingerprint density at radius 2 is 1.67 bits per heavy atom. The van der Waals surface area contributed by atoms with Crippen molar-refractivity contribution >= 4 is 34.8 Å². The largest absolute Gasteiger partial charge is 0.504 e. The summed E-state index contributed by atoms with van der Waals surface area (Å²) in [6.07, 6.45) is 1.49. The highest BCUT2D eigenvalue weighted by Gasteiger charge is 2.24. The van der Waals surface area contributed by atoms with Gasteiger partial charge in [-0.15, -0.1) is 0 Å². The number of halogens is 2. The van der Waals surface area contributed by atoms with Crippen LogP contribution in [0.5, 0.6) is 11.5 Å². The van der Waals surface area contributed by atoms with E-state index in [0.717, 1.165) is 18.4 Å². The van der Waals surface area contributed by atoms with E-state index in [1.807, 2.05) is 13.0 Å². The molecule has 1 unspecified atom stereocenters. The number of phenols is 1. The van der Waals surface area contributed by atoms with Gasteiger partial charge in [0.15, 0.2) is 11.9 Å². The molecule has 0 bridgehead atoms. The second kappa shape index (κ2) is 10.6. The van der Waals surface area contributed by atoms with Crippen molar-refractivity contribution in [1.29, 1.82) is 0 Å². The van der Waals surface area contributed by atoms with Gasteiger partial charge in [-0.05, 0) is 65.8 Å². The summed E-state index contributed by atoms with van der Waals surface area (Å²) < 4.78 is 6.22. The van der Waals surface area contributed by atoms with Crippen LogP contribution >= 0.6 is 23.2 Å². The Morgan fingerprint density at radius 3 is 2.21 bits per heavy atom. The minimum atomic E-state index is -0.740. The van der Waals surface area contributed by atoms with Gasteiger partial charge in [-0.2, -0.15) is 0 Å². The van der Waals surface area contributed by atoms with Gasteiger partial charge in [-0.1, -0.05) is 83.8 Å². The SMILES string of the molecule is CCC(Oc1ccc(CC(C)(C)C)cc1CC(C)(C)C)C(=O)Nc1cc(Cl)c(C)c(Cl)c1O. The highest BCUT2D eigenvalue weighted by molar-refractivity contribution is 6.37. The number of carbonyl (C=O) groups is 1. The fraction of sp³-hybridized carbons (Fsp3) is 0.519. The highest BCUT2D eigenvalue weighted by Crippen LogP contribution is 2.39. The third-order valence-electron chi connectivity index (χ3n) is 5.19. The van der Waals surface area contributed by atoms with Crippen LogP contribution in [0.4, 0.5) is 5.69 Å². The van der Waals surface area contributed by atoms with E-state index in [0.29, 0.717) is 22.8 Å². The van der Waals surface area contributed by atoms with E-state index >= 15 is 0 Å². The normalized spacial score (nSPS) is 13.0. The Kier molecular flexibility index (Phi) is 8.75. The van der Waals surface area contributed by atoms with Crippen molar-refractivity contribution in [3.05, 3.63) is 51.0 Å². The topological polar surface area (TPSA) is 58.6 Å². The van der Waals surface area contributed by atoms with E-state index < -0.39 is 6.10 Å². The summed E-state index contributed by atoms with van der Waals surface area (Å²) >= 11 is 12.3. The monoisotopic (exact) mass is 493 g/mol. The lowest BCUT2D eigenvalue weighted by atomic mass is 9.84. The van der Waals surface area contributed by atoms with Crippen LogP contribution in [0.3, 0.4) is 0 Å². The van der Waals surface area contributed by atoms with Gasteiger partial charge in [-0.25, -0.2) is 0 Å². The molecule has 4 nitrogen and oxygen atoms in total. The molecule has 2 rings (SSSR count). The molecule has 0 fully saturated rings. The number of rotatable bonds is 7. The number of amides is 1. The molecule has 2 aromatic carbocycles. The Hall–Kier alpha value is -1.91. The number of benzene rings is 2. The molecule has 0 spiro atoms. The summed E-state index contributed by atoms with van der Waals surface area (Å²) in [7, 11) is 0. The third-order valence-corrected chi connectivity index (χ3v) is 6.05. The molecule has 2 N–H and O–H groups in total. The van der Waals surface area contributed by atoms with E-state index in [1.165, 1.54) is 11.6 Å². The first kappa shape index (κ1) is 27.3. The number of hydrogen-bond acceptors (Lipinski definition) is 3. The Balaban J connectivity index is 2.32. The molecule has 0 aliphatic heterocycles. The lowest BCUT2D eigenvalue weighted by Crippen LogP contribution is -2.33. The van der Waals surface area contributed by atoms with E-state index in [2.05, 4.69) is 59.0 Å². The minimum absolute atomic E-state index is 0.0591. The molecule has 1 atom stereocenters. The predicted molar refractivity (Wildman–Crippen MR) is 139 cm³/mol. The Bertz CT molecular complexity index is 1000. The van der Waals surface area contributed by atoms with Gasteiger partial charge in [-0.3, -0.25) is 4.79 Å². The van der Waals surface area contributed by atoms with Gasteiger partial charge in [0.05, 0.1) is 10.7 Å². The summed E-state index contributed by atoms with van der Waals surface area (Å²) in [4.78, 5) is 13.0. The van der Waals surface area contributed by atoms with Crippen LogP contribution in [0.2, 0.25) is 10.0 Å². The molecule has 0 heterocycles. The average molecular weight is 495 g/mol. The van der Waals surface area contributed by atoms with Crippen molar-refractivity contribution in [2.45, 2.75) is 80.8 Å². The second-order valence-corrected chi connectivity index (χ2v) is 11.9. The zero-order chi connectivity index (χ0) is 25.1. The van der Waals surface area contributed by atoms with E-state index in [-0.39, 0.29) is 33.2 Å². The van der Waals surface area contributed by atoms with E-state index in [1.54, 1.807) is 6.92 Å². The Morgan fingerprint density at radius 1 is 1.06 bits per heavy atom. The van der Waals surface area contributed by atoms with Crippen molar-refractivity contribution in [3.63, 3.8) is 0 Å². The van der Waals surface area contributed by atoms with Crippen LogP contribution in [-0.2, 0) is 17.6 Å². The molecule has 6 heteroatoms. The van der Waals surface area contributed by atoms with Gasteiger partial charge in [0.1, 0.15) is 5.75 Å². The fourth-order valence-corrected chi connectivity index (χ4v) is 4.12. The van der Waals surface area contributed by atoms with Crippen molar-refractivity contribution in [2.75, 3.05) is 5.32 Å². The molecule has 0 saturated carbocycles. The van der Waals surface area contributed by atoms with Gasteiger partial charge in [0.2, 0.25) is 0 Å². The summed E-state index contributed by atoms with van der Waals surface area (Å²) in [5.74, 6) is 0.125. The lowest BCUT2D eigenvalue weighted by Gasteiger charge is -2.25. The quantitative estimate of drug-likeness (QED) is 0.384. The van der Waals surface area contributed by atoms with Crippen LogP contribution < -0.4 is 10.1 Å². The maximum atomic E-state index is 13.0. The molecule has 182 valence electrons. The van der Waals surface area contributed by atoms with Gasteiger partial charge >= 0.3 is 0 Å². The van der Waals surface area contributed by atoms with Gasteiger partial charge < -0.3 is 15.2 Å². The smallest absolute Gasteiger partial charge is 0.265 e. The highest BCUT2D eigenvalue weighted by atomic mass is 35.5. The molecular weight excluding hydrogens is 457 g/mol. The van der Waals surface area contributed by atoms with Crippen LogP contribution in [-0.4, -0.2) is 17.1 Å². The maximum absolute atomic E-state index is 13.0. The van der Waals surface area contributed by atoms with Crippen molar-refractivity contribution in [2.24, 2.45) is 10.8 Å². The molecule has 0 aliphatic rings. The van der Waals surface area contributed by atoms with Crippen molar-refractivity contribution in [1.82, 2.24) is 0 Å². The number of aromatic hydroxyl groups is 1. The molecule has 0 aliphatic carbocycles.